The first kappa shape index (κ1) is 19.1. The largest absolute Gasteiger partial charge is 0.489 e. The molecule has 1 aromatic carbocycles. The van der Waals surface area contributed by atoms with Gasteiger partial charge in [-0.1, -0.05) is 12.1 Å². The number of para-hydroxylation sites is 1. The first-order valence-corrected chi connectivity index (χ1v) is 8.45. The molecule has 0 aromatic heterocycles. The van der Waals surface area contributed by atoms with Crippen LogP contribution in [0.5, 0.6) is 11.5 Å². The maximum atomic E-state index is 12.8. The van der Waals surface area contributed by atoms with Crippen LogP contribution in [0.1, 0.15) is 46.6 Å². The Morgan fingerprint density at radius 1 is 1.28 bits per heavy atom. The van der Waals surface area contributed by atoms with Crippen molar-refractivity contribution in [2.75, 3.05) is 19.8 Å². The van der Waals surface area contributed by atoms with E-state index in [1.54, 1.807) is 19.1 Å². The number of hydrogen-bond acceptors (Lipinski definition) is 6. The zero-order valence-electron chi connectivity index (χ0n) is 15.5. The third kappa shape index (κ3) is 4.44. The summed E-state index contributed by atoms with van der Waals surface area (Å²) in [6, 6.07) is 5.31. The zero-order valence-corrected chi connectivity index (χ0v) is 15.5. The predicted octanol–water partition coefficient (Wildman–Crippen LogP) is 3.01. The topological polar surface area (TPSA) is 71.1 Å². The van der Waals surface area contributed by atoms with Crippen LogP contribution < -0.4 is 9.47 Å². The van der Waals surface area contributed by atoms with Gasteiger partial charge in [-0.15, -0.1) is 0 Å². The third-order valence-electron chi connectivity index (χ3n) is 3.92. The highest BCUT2D eigenvalue weighted by molar-refractivity contribution is 5.85. The molecular weight excluding hydrogens is 324 g/mol. The second kappa shape index (κ2) is 7.33. The summed E-state index contributed by atoms with van der Waals surface area (Å²) < 4.78 is 21.7. The van der Waals surface area contributed by atoms with E-state index < -0.39 is 17.0 Å². The molecule has 0 bridgehead atoms. The second-order valence-corrected chi connectivity index (χ2v) is 7.16. The summed E-state index contributed by atoms with van der Waals surface area (Å²) in [6.07, 6.45) is 0.510. The smallest absolute Gasteiger partial charge is 0.344 e. The normalized spacial score (nSPS) is 19.4. The molecule has 0 amide bonds. The fourth-order valence-corrected chi connectivity index (χ4v) is 2.65. The molecule has 6 heteroatoms. The molecule has 0 spiro atoms. The number of fused-ring (bicyclic) bond motifs is 1. The molecule has 1 unspecified atom stereocenters. The molecule has 1 heterocycles. The van der Waals surface area contributed by atoms with Gasteiger partial charge in [0.25, 0.3) is 0 Å². The minimum atomic E-state index is -0.829. The molecule has 1 aromatic rings. The van der Waals surface area contributed by atoms with Gasteiger partial charge in [-0.05, 0) is 40.7 Å². The number of carbonyl (C=O) groups excluding carboxylic acids is 2. The van der Waals surface area contributed by atoms with E-state index in [0.29, 0.717) is 36.7 Å². The third-order valence-corrected chi connectivity index (χ3v) is 3.92. The fraction of sp³-hybridized carbons (Fsp3) is 0.579. The van der Waals surface area contributed by atoms with Crippen molar-refractivity contribution in [1.82, 2.24) is 0 Å². The number of ether oxygens (including phenoxy) is 4. The van der Waals surface area contributed by atoms with Gasteiger partial charge in [0, 0.05) is 12.0 Å². The molecule has 1 atom stereocenters. The van der Waals surface area contributed by atoms with Crippen molar-refractivity contribution in [3.05, 3.63) is 23.8 Å². The number of benzene rings is 1. The van der Waals surface area contributed by atoms with Gasteiger partial charge in [0.1, 0.15) is 5.60 Å². The Morgan fingerprint density at radius 3 is 2.64 bits per heavy atom. The molecule has 0 radical (unpaired) electrons. The van der Waals surface area contributed by atoms with Crippen LogP contribution in [0.4, 0.5) is 0 Å². The Bertz CT molecular complexity index is 646. The van der Waals surface area contributed by atoms with Crippen LogP contribution in [0.25, 0.3) is 0 Å². The molecule has 0 fully saturated rings. The number of rotatable bonds is 5. The molecule has 1 aliphatic heterocycles. The molecule has 1 aliphatic rings. The van der Waals surface area contributed by atoms with E-state index in [-0.39, 0.29) is 12.6 Å². The second-order valence-electron chi connectivity index (χ2n) is 7.16. The lowest BCUT2D eigenvalue weighted by atomic mass is 9.77. The van der Waals surface area contributed by atoms with E-state index >= 15 is 0 Å². The van der Waals surface area contributed by atoms with Crippen LogP contribution in [0.15, 0.2) is 18.2 Å². The molecule has 138 valence electrons. The Hall–Kier alpha value is -2.24. The van der Waals surface area contributed by atoms with E-state index in [1.807, 2.05) is 33.8 Å². The monoisotopic (exact) mass is 350 g/mol. The highest BCUT2D eigenvalue weighted by atomic mass is 16.6. The van der Waals surface area contributed by atoms with Crippen LogP contribution in [-0.2, 0) is 24.5 Å². The lowest BCUT2D eigenvalue weighted by Gasteiger charge is -2.36. The molecule has 0 saturated carbocycles. The first-order valence-electron chi connectivity index (χ1n) is 8.45. The highest BCUT2D eigenvalue weighted by Gasteiger charge is 2.44. The molecular formula is C19H26O6. The average Bonchev–Trinajstić information content (AvgIpc) is 2.52. The average molecular weight is 350 g/mol. The lowest BCUT2D eigenvalue weighted by molar-refractivity contribution is -0.162. The molecule has 0 N–H and O–H groups in total. The van der Waals surface area contributed by atoms with Gasteiger partial charge < -0.3 is 18.9 Å². The number of esters is 2. The Labute approximate surface area is 148 Å². The van der Waals surface area contributed by atoms with Crippen molar-refractivity contribution < 1.29 is 28.5 Å². The van der Waals surface area contributed by atoms with Crippen molar-refractivity contribution in [3.8, 4) is 11.5 Å². The van der Waals surface area contributed by atoms with E-state index in [1.165, 1.54) is 0 Å². The van der Waals surface area contributed by atoms with Crippen LogP contribution in [0, 0.1) is 0 Å². The maximum absolute atomic E-state index is 12.8. The van der Waals surface area contributed by atoms with E-state index in [9.17, 15) is 9.59 Å². The van der Waals surface area contributed by atoms with E-state index in [4.69, 9.17) is 18.9 Å². The SMILES string of the molecule is CCOC(=O)COc1cccc2c1OCCC2(C)C(=O)OC(C)(C)C. The Kier molecular flexibility index (Phi) is 5.60. The van der Waals surface area contributed by atoms with Crippen LogP contribution >= 0.6 is 0 Å². The zero-order chi connectivity index (χ0) is 18.7. The molecule has 0 saturated heterocycles. The summed E-state index contributed by atoms with van der Waals surface area (Å²) in [7, 11) is 0. The number of hydrogen-bond donors (Lipinski definition) is 0. The summed E-state index contributed by atoms with van der Waals surface area (Å²) in [4.78, 5) is 24.3. The molecule has 25 heavy (non-hydrogen) atoms. The number of carbonyl (C=O) groups is 2. The molecule has 6 nitrogen and oxygen atoms in total. The predicted molar refractivity (Wildman–Crippen MR) is 91.9 cm³/mol. The van der Waals surface area contributed by atoms with Crippen LogP contribution in [-0.4, -0.2) is 37.4 Å². The van der Waals surface area contributed by atoms with E-state index in [0.717, 1.165) is 0 Å². The van der Waals surface area contributed by atoms with Gasteiger partial charge in [0.2, 0.25) is 0 Å². The van der Waals surface area contributed by atoms with Gasteiger partial charge >= 0.3 is 11.9 Å². The van der Waals surface area contributed by atoms with Gasteiger partial charge in [-0.2, -0.15) is 0 Å². The van der Waals surface area contributed by atoms with E-state index in [2.05, 4.69) is 0 Å². The minimum Gasteiger partial charge on any atom is -0.489 e. The standard InChI is InChI=1S/C19H26O6/c1-6-22-15(20)12-24-14-9-7-8-13-16(14)23-11-10-19(13,5)17(21)25-18(2,3)4/h7-9H,6,10-12H2,1-5H3. The van der Waals surface area contributed by atoms with Crippen molar-refractivity contribution in [3.63, 3.8) is 0 Å². The highest BCUT2D eigenvalue weighted by Crippen LogP contribution is 2.45. The van der Waals surface area contributed by atoms with Crippen LogP contribution in [0.2, 0.25) is 0 Å². The Balaban J connectivity index is 2.28. The summed E-state index contributed by atoms with van der Waals surface area (Å²) in [5.74, 6) is 0.143. The maximum Gasteiger partial charge on any atom is 0.344 e. The summed E-state index contributed by atoms with van der Waals surface area (Å²) in [5, 5.41) is 0. The fourth-order valence-electron chi connectivity index (χ4n) is 2.65. The summed E-state index contributed by atoms with van der Waals surface area (Å²) in [5.41, 5.74) is -0.699. The van der Waals surface area contributed by atoms with Gasteiger partial charge in [0.15, 0.2) is 18.1 Å². The Morgan fingerprint density at radius 2 is 2.00 bits per heavy atom. The quantitative estimate of drug-likeness (QED) is 0.760. The molecule has 0 aliphatic carbocycles. The summed E-state index contributed by atoms with van der Waals surface area (Å²) in [6.45, 7) is 9.55. The lowest BCUT2D eigenvalue weighted by Crippen LogP contribution is -2.42. The molecule has 2 rings (SSSR count). The summed E-state index contributed by atoms with van der Waals surface area (Å²) >= 11 is 0. The minimum absolute atomic E-state index is 0.212. The van der Waals surface area contributed by atoms with Gasteiger partial charge in [-0.25, -0.2) is 4.79 Å². The first-order chi connectivity index (χ1) is 11.7. The van der Waals surface area contributed by atoms with Crippen molar-refractivity contribution in [1.29, 1.82) is 0 Å². The van der Waals surface area contributed by atoms with Crippen molar-refractivity contribution in [2.45, 2.75) is 52.1 Å². The van der Waals surface area contributed by atoms with Crippen molar-refractivity contribution >= 4 is 11.9 Å². The van der Waals surface area contributed by atoms with Crippen LogP contribution in [0.3, 0.4) is 0 Å². The van der Waals surface area contributed by atoms with Gasteiger partial charge in [0.05, 0.1) is 18.6 Å². The van der Waals surface area contributed by atoms with Crippen molar-refractivity contribution in [2.24, 2.45) is 0 Å². The van der Waals surface area contributed by atoms with Gasteiger partial charge in [-0.3, -0.25) is 4.79 Å².